The van der Waals surface area contributed by atoms with Gasteiger partial charge in [-0.1, -0.05) is 25.0 Å². The summed E-state index contributed by atoms with van der Waals surface area (Å²) in [5, 5.41) is 0. The Morgan fingerprint density at radius 1 is 1.36 bits per heavy atom. The third-order valence-corrected chi connectivity index (χ3v) is 8.23. The zero-order chi connectivity index (χ0) is 15.1. The molecule has 5 rings (SSSR count). The van der Waals surface area contributed by atoms with E-state index >= 15 is 0 Å². The SMILES string of the molecule is CCCC(C)N1CCC2C3CC4(CC5=CCC3C4C5)C2C1=O. The third kappa shape index (κ3) is 1.45. The Bertz CT molecular complexity index is 552. The van der Waals surface area contributed by atoms with Crippen LogP contribution >= 0.6 is 0 Å². The smallest absolute Gasteiger partial charge is 0.226 e. The van der Waals surface area contributed by atoms with Crippen LogP contribution in [0.4, 0.5) is 0 Å². The largest absolute Gasteiger partial charge is 0.340 e. The lowest BCUT2D eigenvalue weighted by Crippen LogP contribution is -2.55. The van der Waals surface area contributed by atoms with Crippen LogP contribution in [0.3, 0.4) is 0 Å². The average molecular weight is 299 g/mol. The second-order valence-corrected chi connectivity index (χ2v) is 8.95. The predicted molar refractivity (Wildman–Crippen MR) is 87.1 cm³/mol. The van der Waals surface area contributed by atoms with Crippen molar-refractivity contribution in [3.8, 4) is 0 Å². The second kappa shape index (κ2) is 4.39. The van der Waals surface area contributed by atoms with E-state index in [0.717, 1.165) is 36.6 Å². The van der Waals surface area contributed by atoms with Crippen molar-refractivity contribution in [3.05, 3.63) is 11.6 Å². The zero-order valence-electron chi connectivity index (χ0n) is 14.1. The Morgan fingerprint density at radius 3 is 3.05 bits per heavy atom. The van der Waals surface area contributed by atoms with Crippen molar-refractivity contribution in [2.45, 2.75) is 64.8 Å². The van der Waals surface area contributed by atoms with E-state index in [1.165, 1.54) is 38.5 Å². The van der Waals surface area contributed by atoms with E-state index < -0.39 is 0 Å². The van der Waals surface area contributed by atoms with Gasteiger partial charge in [0.1, 0.15) is 0 Å². The summed E-state index contributed by atoms with van der Waals surface area (Å²) in [7, 11) is 0. The van der Waals surface area contributed by atoms with Crippen LogP contribution in [0.15, 0.2) is 11.6 Å². The lowest BCUT2D eigenvalue weighted by molar-refractivity contribution is -0.152. The molecule has 7 atom stereocenters. The molecule has 4 bridgehead atoms. The number of nitrogens with zero attached hydrogens (tertiary/aromatic N) is 1. The number of allylic oxidation sites excluding steroid dienone is 2. The van der Waals surface area contributed by atoms with Crippen LogP contribution in [0.25, 0.3) is 0 Å². The predicted octanol–water partition coefficient (Wildman–Crippen LogP) is 4.02. The minimum absolute atomic E-state index is 0.385. The summed E-state index contributed by atoms with van der Waals surface area (Å²) >= 11 is 0. The van der Waals surface area contributed by atoms with E-state index in [1.54, 1.807) is 5.57 Å². The molecule has 1 amide bonds. The molecule has 1 aliphatic heterocycles. The standard InChI is InChI=1S/C20H29NO/c1-3-4-12(2)21-8-7-15-16-11-20(18(15)19(21)22)10-13-5-6-14(16)17(20)9-13/h5,12,14-18H,3-4,6-11H2,1-2H3. The van der Waals surface area contributed by atoms with Crippen LogP contribution < -0.4 is 0 Å². The highest BCUT2D eigenvalue weighted by Gasteiger charge is 2.71. The van der Waals surface area contributed by atoms with Crippen molar-refractivity contribution >= 4 is 5.91 Å². The number of amides is 1. The highest BCUT2D eigenvalue weighted by Crippen LogP contribution is 2.75. The van der Waals surface area contributed by atoms with Gasteiger partial charge < -0.3 is 4.90 Å². The van der Waals surface area contributed by atoms with Gasteiger partial charge in [-0.05, 0) is 74.5 Å². The number of hydrogen-bond acceptors (Lipinski definition) is 1. The second-order valence-electron chi connectivity index (χ2n) is 8.95. The minimum atomic E-state index is 0.385. The van der Waals surface area contributed by atoms with Crippen molar-refractivity contribution in [1.29, 1.82) is 0 Å². The van der Waals surface area contributed by atoms with E-state index in [2.05, 4.69) is 24.8 Å². The number of fused-ring (bicyclic) bond motifs is 5. The van der Waals surface area contributed by atoms with Crippen molar-refractivity contribution in [2.75, 3.05) is 6.54 Å². The first-order valence-electron chi connectivity index (χ1n) is 9.64. The number of carbonyl (C=O) groups is 1. The van der Waals surface area contributed by atoms with Gasteiger partial charge >= 0.3 is 0 Å². The molecule has 0 radical (unpaired) electrons. The first kappa shape index (κ1) is 13.6. The Balaban J connectivity index is 1.50. The van der Waals surface area contributed by atoms with E-state index in [9.17, 15) is 4.79 Å². The molecule has 0 N–H and O–H groups in total. The van der Waals surface area contributed by atoms with Gasteiger partial charge in [-0.25, -0.2) is 0 Å². The molecule has 5 aliphatic rings. The molecule has 22 heavy (non-hydrogen) atoms. The summed E-state index contributed by atoms with van der Waals surface area (Å²) in [5.74, 6) is 4.33. The molecule has 3 saturated carbocycles. The number of hydrogen-bond donors (Lipinski definition) is 0. The molecule has 4 aliphatic carbocycles. The van der Waals surface area contributed by atoms with Gasteiger partial charge in [0.05, 0.1) is 0 Å². The molecule has 120 valence electrons. The maximum atomic E-state index is 13.4. The van der Waals surface area contributed by atoms with Gasteiger partial charge in [-0.3, -0.25) is 4.79 Å². The Kier molecular flexibility index (Phi) is 2.72. The van der Waals surface area contributed by atoms with Crippen LogP contribution in [0.1, 0.15) is 58.8 Å². The molecule has 0 aromatic rings. The summed E-state index contributed by atoms with van der Waals surface area (Å²) < 4.78 is 0. The summed E-state index contributed by atoms with van der Waals surface area (Å²) in [5.41, 5.74) is 2.09. The average Bonchev–Trinajstić information content (AvgIpc) is 3.08. The number of likely N-dealkylation sites (tertiary alicyclic amines) is 1. The Labute approximate surface area is 134 Å². The fourth-order valence-electron chi connectivity index (χ4n) is 7.61. The molecule has 7 unspecified atom stereocenters. The van der Waals surface area contributed by atoms with Crippen molar-refractivity contribution in [3.63, 3.8) is 0 Å². The molecule has 0 aromatic heterocycles. The van der Waals surface area contributed by atoms with Gasteiger partial charge in [0.15, 0.2) is 0 Å². The van der Waals surface area contributed by atoms with Crippen LogP contribution in [-0.2, 0) is 4.79 Å². The topological polar surface area (TPSA) is 20.3 Å². The monoisotopic (exact) mass is 299 g/mol. The van der Waals surface area contributed by atoms with Crippen LogP contribution in [0.5, 0.6) is 0 Å². The highest BCUT2D eigenvalue weighted by atomic mass is 16.2. The van der Waals surface area contributed by atoms with E-state index in [-0.39, 0.29) is 0 Å². The first-order valence-corrected chi connectivity index (χ1v) is 9.64. The molecule has 2 nitrogen and oxygen atoms in total. The van der Waals surface area contributed by atoms with E-state index in [1.807, 2.05) is 0 Å². The summed E-state index contributed by atoms with van der Waals surface area (Å²) in [6.07, 6.45) is 11.5. The van der Waals surface area contributed by atoms with Crippen LogP contribution in [0, 0.1) is 35.0 Å². The quantitative estimate of drug-likeness (QED) is 0.721. The number of carbonyl (C=O) groups excluding carboxylic acids is 1. The van der Waals surface area contributed by atoms with E-state index in [0.29, 0.717) is 23.3 Å². The normalized spacial score (nSPS) is 49.4. The zero-order valence-corrected chi connectivity index (χ0v) is 14.1. The molecular weight excluding hydrogens is 270 g/mol. The van der Waals surface area contributed by atoms with Crippen LogP contribution in [-0.4, -0.2) is 23.4 Å². The summed E-state index contributed by atoms with van der Waals surface area (Å²) in [6, 6.07) is 0.449. The van der Waals surface area contributed by atoms with Gasteiger partial charge in [-0.2, -0.15) is 0 Å². The van der Waals surface area contributed by atoms with Gasteiger partial charge in [-0.15, -0.1) is 0 Å². The highest BCUT2D eigenvalue weighted by molar-refractivity contribution is 5.82. The first-order chi connectivity index (χ1) is 10.7. The lowest BCUT2D eigenvalue weighted by atomic mass is 9.59. The fourth-order valence-corrected chi connectivity index (χ4v) is 7.61. The van der Waals surface area contributed by atoms with Crippen molar-refractivity contribution < 1.29 is 4.79 Å². The summed E-state index contributed by atoms with van der Waals surface area (Å²) in [6.45, 7) is 5.54. The Hall–Kier alpha value is -0.790. The molecular formula is C20H29NO. The maximum Gasteiger partial charge on any atom is 0.226 e. The van der Waals surface area contributed by atoms with Crippen LogP contribution in [0.2, 0.25) is 0 Å². The van der Waals surface area contributed by atoms with Gasteiger partial charge in [0.25, 0.3) is 0 Å². The Morgan fingerprint density at radius 2 is 2.23 bits per heavy atom. The lowest BCUT2D eigenvalue weighted by Gasteiger charge is -2.50. The van der Waals surface area contributed by atoms with Gasteiger partial charge in [0.2, 0.25) is 5.91 Å². The number of rotatable bonds is 3. The maximum absolute atomic E-state index is 13.4. The molecule has 0 aromatic carbocycles. The molecule has 1 heterocycles. The van der Waals surface area contributed by atoms with Crippen molar-refractivity contribution in [2.24, 2.45) is 35.0 Å². The summed E-state index contributed by atoms with van der Waals surface area (Å²) in [4.78, 5) is 15.7. The number of piperidine rings is 1. The fraction of sp³-hybridized carbons (Fsp3) is 0.850. The van der Waals surface area contributed by atoms with Gasteiger partial charge in [0, 0.05) is 18.5 Å². The molecule has 2 heteroatoms. The van der Waals surface area contributed by atoms with Crippen molar-refractivity contribution in [1.82, 2.24) is 4.90 Å². The third-order valence-electron chi connectivity index (χ3n) is 8.23. The van der Waals surface area contributed by atoms with E-state index in [4.69, 9.17) is 0 Å². The molecule has 4 fully saturated rings. The molecule has 1 saturated heterocycles. The minimum Gasteiger partial charge on any atom is -0.340 e. The molecule has 1 spiro atoms.